The third-order valence-electron chi connectivity index (χ3n) is 3.76. The molecule has 0 spiro atoms. The number of azo groups is 1. The lowest BCUT2D eigenvalue weighted by molar-refractivity contribution is 0.862. The Balaban J connectivity index is 1.83. The molecule has 19 heavy (non-hydrogen) atoms. The molecule has 0 aromatic heterocycles. The van der Waals surface area contributed by atoms with E-state index >= 15 is 0 Å². The van der Waals surface area contributed by atoms with Crippen LogP contribution in [-0.4, -0.2) is 0 Å². The molecule has 4 rings (SSSR count). The fourth-order valence-electron chi connectivity index (χ4n) is 2.83. The molecule has 0 radical (unpaired) electrons. The van der Waals surface area contributed by atoms with Gasteiger partial charge in [-0.1, -0.05) is 48.0 Å². The van der Waals surface area contributed by atoms with Gasteiger partial charge < -0.3 is 0 Å². The minimum atomic E-state index is 0.127. The summed E-state index contributed by atoms with van der Waals surface area (Å²) in [6.45, 7) is 0. The van der Waals surface area contributed by atoms with Gasteiger partial charge in [-0.05, 0) is 35.3 Å². The SMILES string of the molecule is Clc1ccc(C2=C3Cc4ccccc4C3N=N2)cc1. The first-order chi connectivity index (χ1) is 9.33. The van der Waals surface area contributed by atoms with Gasteiger partial charge in [0.1, 0.15) is 6.04 Å². The molecule has 1 atom stereocenters. The Labute approximate surface area is 116 Å². The summed E-state index contributed by atoms with van der Waals surface area (Å²) >= 11 is 5.93. The summed E-state index contributed by atoms with van der Waals surface area (Å²) < 4.78 is 0. The van der Waals surface area contributed by atoms with Crippen LogP contribution in [0.1, 0.15) is 22.7 Å². The number of rotatable bonds is 1. The molecule has 1 aliphatic heterocycles. The minimum Gasteiger partial charge on any atom is -0.176 e. The zero-order valence-electron chi connectivity index (χ0n) is 10.2. The highest BCUT2D eigenvalue weighted by molar-refractivity contribution is 6.30. The van der Waals surface area contributed by atoms with Crippen LogP contribution in [0.5, 0.6) is 0 Å². The first-order valence-electron chi connectivity index (χ1n) is 6.30. The molecule has 92 valence electrons. The zero-order valence-corrected chi connectivity index (χ0v) is 10.9. The molecule has 0 saturated heterocycles. The lowest BCUT2D eigenvalue weighted by Gasteiger charge is -2.02. The molecule has 2 aromatic carbocycles. The molecule has 1 unspecified atom stereocenters. The van der Waals surface area contributed by atoms with Gasteiger partial charge in [0.05, 0.1) is 5.70 Å². The summed E-state index contributed by atoms with van der Waals surface area (Å²) in [6, 6.07) is 16.4. The lowest BCUT2D eigenvalue weighted by atomic mass is 10.0. The highest BCUT2D eigenvalue weighted by atomic mass is 35.5. The van der Waals surface area contributed by atoms with E-state index in [-0.39, 0.29) is 6.04 Å². The lowest BCUT2D eigenvalue weighted by Crippen LogP contribution is -1.89. The van der Waals surface area contributed by atoms with Crippen molar-refractivity contribution in [3.05, 3.63) is 75.8 Å². The van der Waals surface area contributed by atoms with Crippen LogP contribution in [0.3, 0.4) is 0 Å². The van der Waals surface area contributed by atoms with E-state index in [1.54, 1.807) is 0 Å². The summed E-state index contributed by atoms with van der Waals surface area (Å²) in [6.07, 6.45) is 0.950. The number of hydrogen-bond donors (Lipinski definition) is 0. The highest BCUT2D eigenvalue weighted by Crippen LogP contribution is 2.46. The summed E-state index contributed by atoms with van der Waals surface area (Å²) in [7, 11) is 0. The maximum atomic E-state index is 5.93. The Morgan fingerprint density at radius 1 is 1.00 bits per heavy atom. The first-order valence-corrected chi connectivity index (χ1v) is 6.68. The van der Waals surface area contributed by atoms with Gasteiger partial charge in [0.25, 0.3) is 0 Å². The summed E-state index contributed by atoms with van der Waals surface area (Å²) in [4.78, 5) is 0. The van der Waals surface area contributed by atoms with Gasteiger partial charge in [-0.3, -0.25) is 0 Å². The predicted molar refractivity (Wildman–Crippen MR) is 76.1 cm³/mol. The van der Waals surface area contributed by atoms with E-state index in [1.165, 1.54) is 16.7 Å². The van der Waals surface area contributed by atoms with Crippen LogP contribution < -0.4 is 0 Å². The molecule has 2 aromatic rings. The summed E-state index contributed by atoms with van der Waals surface area (Å²) in [5, 5.41) is 9.56. The Morgan fingerprint density at radius 2 is 1.79 bits per heavy atom. The number of benzene rings is 2. The maximum absolute atomic E-state index is 5.93. The van der Waals surface area contributed by atoms with Crippen molar-refractivity contribution in [1.82, 2.24) is 0 Å². The third-order valence-corrected chi connectivity index (χ3v) is 4.01. The first kappa shape index (κ1) is 10.9. The summed E-state index contributed by atoms with van der Waals surface area (Å²) in [5.41, 5.74) is 6.08. The predicted octanol–water partition coefficient (Wildman–Crippen LogP) is 4.81. The molecule has 3 heteroatoms. The Hall–Kier alpha value is -1.93. The van der Waals surface area contributed by atoms with Crippen LogP contribution in [0.15, 0.2) is 64.3 Å². The van der Waals surface area contributed by atoms with Crippen LogP contribution in [0.4, 0.5) is 0 Å². The molecule has 0 saturated carbocycles. The second kappa shape index (κ2) is 4.04. The van der Waals surface area contributed by atoms with Gasteiger partial charge in [-0.2, -0.15) is 10.2 Å². The number of hydrogen-bond acceptors (Lipinski definition) is 2. The van der Waals surface area contributed by atoms with Crippen LogP contribution in [0, 0.1) is 0 Å². The fraction of sp³-hybridized carbons (Fsp3) is 0.125. The van der Waals surface area contributed by atoms with E-state index in [9.17, 15) is 0 Å². The Bertz CT molecular complexity index is 714. The average molecular weight is 267 g/mol. The van der Waals surface area contributed by atoms with Gasteiger partial charge >= 0.3 is 0 Å². The van der Waals surface area contributed by atoms with E-state index in [4.69, 9.17) is 11.6 Å². The van der Waals surface area contributed by atoms with Crippen molar-refractivity contribution in [2.45, 2.75) is 12.5 Å². The van der Waals surface area contributed by atoms with Crippen molar-refractivity contribution < 1.29 is 0 Å². The molecule has 0 fully saturated rings. The van der Waals surface area contributed by atoms with Gasteiger partial charge in [0, 0.05) is 10.6 Å². The minimum absolute atomic E-state index is 0.127. The van der Waals surface area contributed by atoms with Crippen LogP contribution >= 0.6 is 11.6 Å². The Kier molecular flexibility index (Phi) is 2.32. The summed E-state index contributed by atoms with van der Waals surface area (Å²) in [5.74, 6) is 0. The molecule has 1 heterocycles. The van der Waals surface area contributed by atoms with Crippen molar-refractivity contribution in [3.63, 3.8) is 0 Å². The average Bonchev–Trinajstić information content (AvgIpc) is 2.98. The zero-order chi connectivity index (χ0) is 12.8. The van der Waals surface area contributed by atoms with Crippen molar-refractivity contribution >= 4 is 17.3 Å². The van der Waals surface area contributed by atoms with Gasteiger partial charge in [-0.15, -0.1) is 0 Å². The van der Waals surface area contributed by atoms with Crippen molar-refractivity contribution in [2.75, 3.05) is 0 Å². The molecular formula is C16H11ClN2. The molecule has 0 bridgehead atoms. The quantitative estimate of drug-likeness (QED) is 0.707. The van der Waals surface area contributed by atoms with Crippen LogP contribution in [0.25, 0.3) is 5.70 Å². The number of fused-ring (bicyclic) bond motifs is 3. The molecule has 1 aliphatic carbocycles. The second-order valence-electron chi connectivity index (χ2n) is 4.87. The van der Waals surface area contributed by atoms with Crippen LogP contribution in [0.2, 0.25) is 5.02 Å². The van der Waals surface area contributed by atoms with Crippen molar-refractivity contribution in [2.24, 2.45) is 10.2 Å². The van der Waals surface area contributed by atoms with Crippen LogP contribution in [-0.2, 0) is 6.42 Å². The topological polar surface area (TPSA) is 24.7 Å². The van der Waals surface area contributed by atoms with Crippen molar-refractivity contribution in [1.29, 1.82) is 0 Å². The number of nitrogens with zero attached hydrogens (tertiary/aromatic N) is 2. The number of halogens is 1. The normalized spacial score (nSPS) is 19.7. The standard InChI is InChI=1S/C16H11ClN2/c17-12-7-5-10(6-8-12)15-14-9-11-3-1-2-4-13(11)16(14)19-18-15/h1-8,16H,9H2. The molecule has 0 N–H and O–H groups in total. The maximum Gasteiger partial charge on any atom is 0.120 e. The molecule has 2 nitrogen and oxygen atoms in total. The van der Waals surface area contributed by atoms with Gasteiger partial charge in [-0.25, -0.2) is 0 Å². The van der Waals surface area contributed by atoms with E-state index in [2.05, 4.69) is 34.5 Å². The van der Waals surface area contributed by atoms with E-state index in [1.807, 2.05) is 24.3 Å². The largest absolute Gasteiger partial charge is 0.176 e. The highest BCUT2D eigenvalue weighted by Gasteiger charge is 2.33. The molecule has 2 aliphatic rings. The van der Waals surface area contributed by atoms with Crippen molar-refractivity contribution in [3.8, 4) is 0 Å². The van der Waals surface area contributed by atoms with Gasteiger partial charge in [0.2, 0.25) is 0 Å². The monoisotopic (exact) mass is 266 g/mol. The smallest absolute Gasteiger partial charge is 0.120 e. The molecular weight excluding hydrogens is 256 g/mol. The fourth-order valence-corrected chi connectivity index (χ4v) is 2.95. The third kappa shape index (κ3) is 1.64. The van der Waals surface area contributed by atoms with Gasteiger partial charge in [0.15, 0.2) is 0 Å². The van der Waals surface area contributed by atoms with E-state index < -0.39 is 0 Å². The van der Waals surface area contributed by atoms with E-state index in [0.29, 0.717) is 0 Å². The Morgan fingerprint density at radius 3 is 2.63 bits per heavy atom. The van der Waals surface area contributed by atoms with E-state index in [0.717, 1.165) is 22.7 Å². The molecule has 0 amide bonds. The second-order valence-corrected chi connectivity index (χ2v) is 5.31.